The molecule has 0 fully saturated rings. The van der Waals surface area contributed by atoms with Gasteiger partial charge in [-0.2, -0.15) is 0 Å². The minimum Gasteiger partial charge on any atom is -0.350 e. The van der Waals surface area contributed by atoms with E-state index >= 15 is 0 Å². The molecule has 0 unspecified atom stereocenters. The normalized spacial score (nSPS) is 14.5. The van der Waals surface area contributed by atoms with E-state index in [1.165, 1.54) is 12.1 Å². The van der Waals surface area contributed by atoms with Crippen LogP contribution in [0, 0.1) is 5.82 Å². The second kappa shape index (κ2) is 4.70. The number of fused-ring (bicyclic) bond motifs is 1. The van der Waals surface area contributed by atoms with E-state index in [1.807, 2.05) is 0 Å². The third-order valence-electron chi connectivity index (χ3n) is 2.76. The molecule has 0 aromatic heterocycles. The number of carbonyl (C=O) groups excluding carboxylic acids is 3. The van der Waals surface area contributed by atoms with Gasteiger partial charge in [0.15, 0.2) is 0 Å². The third kappa shape index (κ3) is 2.54. The highest BCUT2D eigenvalue weighted by Crippen LogP contribution is 2.24. The van der Waals surface area contributed by atoms with Crippen molar-refractivity contribution in [1.29, 1.82) is 0 Å². The summed E-state index contributed by atoms with van der Waals surface area (Å²) in [5.41, 5.74) is -0.735. The van der Waals surface area contributed by atoms with Crippen LogP contribution < -0.4 is 5.32 Å². The summed E-state index contributed by atoms with van der Waals surface area (Å²) in [5.74, 6) is -2.63. The first-order chi connectivity index (χ1) is 9.20. The van der Waals surface area contributed by atoms with Crippen LogP contribution in [0.5, 0.6) is 0 Å². The zero-order chi connectivity index (χ0) is 15.1. The number of hydrogen-bond acceptors (Lipinski definition) is 3. The summed E-state index contributed by atoms with van der Waals surface area (Å²) in [6.45, 7) is 4.94. The van der Waals surface area contributed by atoms with E-state index in [2.05, 4.69) is 5.32 Å². The fourth-order valence-corrected chi connectivity index (χ4v) is 2.04. The molecule has 0 bridgehead atoms. The molecule has 0 aliphatic carbocycles. The van der Waals surface area contributed by atoms with Crippen molar-refractivity contribution in [2.45, 2.75) is 26.3 Å². The Bertz CT molecular complexity index is 605. The van der Waals surface area contributed by atoms with Gasteiger partial charge in [0.05, 0.1) is 11.1 Å². The molecule has 1 aliphatic heterocycles. The van der Waals surface area contributed by atoms with Crippen LogP contribution in [0.1, 0.15) is 41.5 Å². The van der Waals surface area contributed by atoms with Gasteiger partial charge < -0.3 is 5.32 Å². The van der Waals surface area contributed by atoms with Gasteiger partial charge in [-0.25, -0.2) is 4.39 Å². The molecule has 3 amide bonds. The average Bonchev–Trinajstić information content (AvgIpc) is 2.53. The van der Waals surface area contributed by atoms with E-state index in [0.717, 1.165) is 11.0 Å². The summed E-state index contributed by atoms with van der Waals surface area (Å²) < 4.78 is 13.6. The van der Waals surface area contributed by atoms with Crippen LogP contribution in [0.15, 0.2) is 18.2 Å². The number of halogens is 1. The molecule has 1 aromatic carbocycles. The van der Waals surface area contributed by atoms with Crippen molar-refractivity contribution >= 4 is 17.7 Å². The van der Waals surface area contributed by atoms with Gasteiger partial charge in [0.2, 0.25) is 5.91 Å². The Morgan fingerprint density at radius 2 is 1.90 bits per heavy atom. The molecule has 0 atom stereocenters. The average molecular weight is 278 g/mol. The number of imide groups is 1. The molecule has 106 valence electrons. The van der Waals surface area contributed by atoms with Crippen LogP contribution in [-0.2, 0) is 4.79 Å². The van der Waals surface area contributed by atoms with Gasteiger partial charge in [-0.3, -0.25) is 19.3 Å². The summed E-state index contributed by atoms with van der Waals surface area (Å²) in [6.07, 6.45) is 0. The van der Waals surface area contributed by atoms with Crippen LogP contribution in [0.2, 0.25) is 0 Å². The van der Waals surface area contributed by atoms with Gasteiger partial charge in [0.1, 0.15) is 12.4 Å². The molecule has 1 aliphatic rings. The molecular weight excluding hydrogens is 263 g/mol. The Hall–Kier alpha value is -2.24. The molecule has 0 saturated carbocycles. The van der Waals surface area contributed by atoms with E-state index in [4.69, 9.17) is 0 Å². The van der Waals surface area contributed by atoms with Gasteiger partial charge in [-0.05, 0) is 32.9 Å². The summed E-state index contributed by atoms with van der Waals surface area (Å²) in [6, 6.07) is 3.85. The van der Waals surface area contributed by atoms with Crippen molar-refractivity contribution in [1.82, 2.24) is 10.2 Å². The topological polar surface area (TPSA) is 66.5 Å². The molecule has 0 spiro atoms. The van der Waals surface area contributed by atoms with Crippen molar-refractivity contribution in [2.75, 3.05) is 6.54 Å². The molecule has 0 radical (unpaired) electrons. The fourth-order valence-electron chi connectivity index (χ4n) is 2.04. The van der Waals surface area contributed by atoms with E-state index in [1.54, 1.807) is 20.8 Å². The van der Waals surface area contributed by atoms with Crippen LogP contribution in [0.3, 0.4) is 0 Å². The van der Waals surface area contributed by atoms with Gasteiger partial charge in [0.25, 0.3) is 11.8 Å². The fraction of sp³-hybridized carbons (Fsp3) is 0.357. The maximum atomic E-state index is 13.6. The van der Waals surface area contributed by atoms with Crippen LogP contribution in [0.4, 0.5) is 4.39 Å². The maximum Gasteiger partial charge on any atom is 0.265 e. The highest BCUT2D eigenvalue weighted by atomic mass is 19.1. The van der Waals surface area contributed by atoms with Crippen LogP contribution in [0.25, 0.3) is 0 Å². The van der Waals surface area contributed by atoms with Crippen molar-refractivity contribution in [2.24, 2.45) is 0 Å². The molecule has 5 nitrogen and oxygen atoms in total. The highest BCUT2D eigenvalue weighted by Gasteiger charge is 2.38. The van der Waals surface area contributed by atoms with E-state index in [9.17, 15) is 18.8 Å². The molecule has 0 saturated heterocycles. The first kappa shape index (κ1) is 14.2. The standard InChI is InChI=1S/C14H15FN2O3/c1-14(2,3)16-10(18)7-17-12(19)8-5-4-6-9(15)11(8)13(17)20/h4-6H,7H2,1-3H3,(H,16,18). The Morgan fingerprint density at radius 1 is 1.25 bits per heavy atom. The zero-order valence-corrected chi connectivity index (χ0v) is 11.5. The molecular formula is C14H15FN2O3. The summed E-state index contributed by atoms with van der Waals surface area (Å²) in [5, 5.41) is 2.65. The minimum absolute atomic E-state index is 0.00133. The second-order valence-corrected chi connectivity index (χ2v) is 5.66. The van der Waals surface area contributed by atoms with E-state index in [-0.39, 0.29) is 11.1 Å². The number of amides is 3. The first-order valence-corrected chi connectivity index (χ1v) is 6.16. The van der Waals surface area contributed by atoms with Crippen molar-refractivity contribution in [3.63, 3.8) is 0 Å². The van der Waals surface area contributed by atoms with Crippen molar-refractivity contribution in [3.8, 4) is 0 Å². The third-order valence-corrected chi connectivity index (χ3v) is 2.76. The molecule has 1 aromatic rings. The number of nitrogens with one attached hydrogen (secondary N) is 1. The Balaban J connectivity index is 2.21. The first-order valence-electron chi connectivity index (χ1n) is 6.16. The SMILES string of the molecule is CC(C)(C)NC(=O)CN1C(=O)c2cccc(F)c2C1=O. The molecule has 20 heavy (non-hydrogen) atoms. The van der Waals surface area contributed by atoms with Gasteiger partial charge in [-0.1, -0.05) is 6.07 Å². The summed E-state index contributed by atoms with van der Waals surface area (Å²) in [7, 11) is 0. The molecule has 1 heterocycles. The highest BCUT2D eigenvalue weighted by molar-refractivity contribution is 6.22. The monoisotopic (exact) mass is 278 g/mol. The number of rotatable bonds is 2. The van der Waals surface area contributed by atoms with Gasteiger partial charge in [0, 0.05) is 5.54 Å². The molecule has 2 rings (SSSR count). The Morgan fingerprint density at radius 3 is 2.45 bits per heavy atom. The van der Waals surface area contributed by atoms with Crippen molar-refractivity contribution < 1.29 is 18.8 Å². The lowest BCUT2D eigenvalue weighted by Crippen LogP contribution is -2.47. The number of benzene rings is 1. The van der Waals surface area contributed by atoms with Crippen molar-refractivity contribution in [3.05, 3.63) is 35.1 Å². The minimum atomic E-state index is -0.771. The number of carbonyl (C=O) groups is 3. The maximum absolute atomic E-state index is 13.6. The zero-order valence-electron chi connectivity index (χ0n) is 11.5. The molecule has 6 heteroatoms. The number of nitrogens with zero attached hydrogens (tertiary/aromatic N) is 1. The van der Waals surface area contributed by atoms with E-state index in [0.29, 0.717) is 0 Å². The lowest BCUT2D eigenvalue weighted by Gasteiger charge is -2.22. The quantitative estimate of drug-likeness (QED) is 0.830. The lowest BCUT2D eigenvalue weighted by molar-refractivity contribution is -0.122. The van der Waals surface area contributed by atoms with Crippen LogP contribution >= 0.6 is 0 Å². The predicted molar refractivity (Wildman–Crippen MR) is 69.7 cm³/mol. The molecule has 1 N–H and O–H groups in total. The van der Waals surface area contributed by atoms with Crippen LogP contribution in [-0.4, -0.2) is 34.7 Å². The summed E-state index contributed by atoms with van der Waals surface area (Å²) in [4.78, 5) is 36.6. The Labute approximate surface area is 115 Å². The second-order valence-electron chi connectivity index (χ2n) is 5.66. The van der Waals surface area contributed by atoms with Gasteiger partial charge in [-0.15, -0.1) is 0 Å². The van der Waals surface area contributed by atoms with Gasteiger partial charge >= 0.3 is 0 Å². The summed E-state index contributed by atoms with van der Waals surface area (Å²) >= 11 is 0. The largest absolute Gasteiger partial charge is 0.350 e. The lowest BCUT2D eigenvalue weighted by atomic mass is 10.1. The Kier molecular flexibility index (Phi) is 3.33. The number of hydrogen-bond donors (Lipinski definition) is 1. The smallest absolute Gasteiger partial charge is 0.265 e. The predicted octanol–water partition coefficient (Wildman–Crippen LogP) is 1.34. The van der Waals surface area contributed by atoms with E-state index < -0.39 is 35.6 Å².